The molecule has 33 heavy (non-hydrogen) atoms. The monoisotopic (exact) mass is 438 g/mol. The molecular weight excluding hydrogens is 416 g/mol. The molecule has 0 fully saturated rings. The Labute approximate surface area is 190 Å². The molecule has 5 aromatic rings. The highest BCUT2D eigenvalue weighted by Gasteiger charge is 2.23. The summed E-state index contributed by atoms with van der Waals surface area (Å²) in [5.41, 5.74) is 5.15. The van der Waals surface area contributed by atoms with Gasteiger partial charge in [0.25, 0.3) is 5.91 Å². The van der Waals surface area contributed by atoms with Crippen LogP contribution >= 0.6 is 0 Å². The van der Waals surface area contributed by atoms with E-state index in [2.05, 4.69) is 10.6 Å². The number of anilines is 2. The third kappa shape index (κ3) is 4.11. The zero-order chi connectivity index (χ0) is 22.9. The maximum Gasteiger partial charge on any atom is 0.293 e. The summed E-state index contributed by atoms with van der Waals surface area (Å²) in [6.45, 7) is 3.94. The van der Waals surface area contributed by atoms with E-state index in [-0.39, 0.29) is 18.1 Å². The molecule has 0 aliphatic carbocycles. The van der Waals surface area contributed by atoms with Crippen LogP contribution in [0.5, 0.6) is 0 Å². The number of hydrogen-bond acceptors (Lipinski definition) is 4. The zero-order valence-electron chi connectivity index (χ0n) is 18.3. The van der Waals surface area contributed by atoms with Gasteiger partial charge in [-0.25, -0.2) is 0 Å². The molecule has 0 spiro atoms. The van der Waals surface area contributed by atoms with Gasteiger partial charge in [0.15, 0.2) is 0 Å². The summed E-state index contributed by atoms with van der Waals surface area (Å²) in [6.07, 6.45) is 1.71. The van der Waals surface area contributed by atoms with Crippen LogP contribution in [-0.2, 0) is 11.2 Å². The highest BCUT2D eigenvalue weighted by molar-refractivity contribution is 6.14. The quantitative estimate of drug-likeness (QED) is 0.341. The van der Waals surface area contributed by atoms with Crippen molar-refractivity contribution in [3.63, 3.8) is 0 Å². The van der Waals surface area contributed by atoms with Crippen molar-refractivity contribution in [1.82, 2.24) is 0 Å². The van der Waals surface area contributed by atoms with Gasteiger partial charge in [-0.1, -0.05) is 36.4 Å². The van der Waals surface area contributed by atoms with Gasteiger partial charge >= 0.3 is 0 Å². The Morgan fingerprint density at radius 3 is 2.48 bits per heavy atom. The first-order chi connectivity index (χ1) is 16.0. The maximum absolute atomic E-state index is 13.0. The third-order valence-electron chi connectivity index (χ3n) is 5.50. The maximum atomic E-state index is 13.0. The van der Waals surface area contributed by atoms with Crippen molar-refractivity contribution < 1.29 is 18.4 Å². The average Bonchev–Trinajstić information content (AvgIpc) is 3.35. The van der Waals surface area contributed by atoms with Gasteiger partial charge in [-0.05, 0) is 55.3 Å². The van der Waals surface area contributed by atoms with E-state index in [4.69, 9.17) is 8.83 Å². The van der Waals surface area contributed by atoms with Crippen LogP contribution in [0.25, 0.3) is 21.9 Å². The average molecular weight is 438 g/mol. The molecule has 2 N–H and O–H groups in total. The van der Waals surface area contributed by atoms with E-state index in [0.29, 0.717) is 22.3 Å². The first kappa shape index (κ1) is 20.6. The second-order valence-electron chi connectivity index (χ2n) is 8.11. The zero-order valence-corrected chi connectivity index (χ0v) is 18.3. The summed E-state index contributed by atoms with van der Waals surface area (Å²) in [5, 5.41) is 7.29. The fourth-order valence-electron chi connectivity index (χ4n) is 3.92. The van der Waals surface area contributed by atoms with Crippen LogP contribution in [0, 0.1) is 13.8 Å². The van der Waals surface area contributed by atoms with Crippen LogP contribution in [0.2, 0.25) is 0 Å². The van der Waals surface area contributed by atoms with Gasteiger partial charge in [0.05, 0.1) is 12.7 Å². The number of hydrogen-bond donors (Lipinski definition) is 2. The number of para-hydroxylation sites is 1. The number of fused-ring (bicyclic) bond motifs is 2. The smallest absolute Gasteiger partial charge is 0.293 e. The Morgan fingerprint density at radius 1 is 0.818 bits per heavy atom. The normalized spacial score (nSPS) is 11.1. The van der Waals surface area contributed by atoms with Crippen molar-refractivity contribution in [2.45, 2.75) is 20.3 Å². The number of amides is 2. The number of benzene rings is 3. The molecule has 0 aliphatic rings. The van der Waals surface area contributed by atoms with E-state index in [1.54, 1.807) is 18.4 Å². The lowest BCUT2D eigenvalue weighted by atomic mass is 10.1. The molecule has 2 amide bonds. The molecule has 2 aromatic heterocycles. The van der Waals surface area contributed by atoms with Crippen molar-refractivity contribution in [2.24, 2.45) is 0 Å². The largest absolute Gasteiger partial charge is 0.464 e. The fraction of sp³-hybridized carbons (Fsp3) is 0.111. The minimum Gasteiger partial charge on any atom is -0.464 e. The van der Waals surface area contributed by atoms with Gasteiger partial charge < -0.3 is 19.5 Å². The Hall–Kier alpha value is -4.32. The van der Waals surface area contributed by atoms with Crippen LogP contribution in [0.1, 0.15) is 27.2 Å². The van der Waals surface area contributed by atoms with Crippen molar-refractivity contribution in [1.29, 1.82) is 0 Å². The molecule has 3 aromatic carbocycles. The Bertz CT molecular complexity index is 1510. The van der Waals surface area contributed by atoms with Gasteiger partial charge in [-0.3, -0.25) is 9.59 Å². The number of nitrogens with one attached hydrogen (secondary N) is 2. The predicted octanol–water partition coefficient (Wildman–Crippen LogP) is 6.23. The molecule has 0 saturated carbocycles. The number of aryl methyl sites for hydroxylation is 2. The standard InChI is InChI=1S/C27H22N2O4/c1-16-6-5-7-19(12-16)28-27(31)26-25(21-8-3-4-9-22(21)33-26)29-24(30)14-18-15-32-23-13-17(2)10-11-20(18)23/h3-13,15H,14H2,1-2H3,(H,28,31)(H,29,30). The number of rotatable bonds is 5. The van der Waals surface area contributed by atoms with Gasteiger partial charge in [0, 0.05) is 22.0 Å². The minimum atomic E-state index is -0.434. The topological polar surface area (TPSA) is 84.5 Å². The van der Waals surface area contributed by atoms with Gasteiger partial charge in [0.1, 0.15) is 16.9 Å². The van der Waals surface area contributed by atoms with E-state index < -0.39 is 5.91 Å². The third-order valence-corrected chi connectivity index (χ3v) is 5.50. The van der Waals surface area contributed by atoms with Crippen LogP contribution in [0.4, 0.5) is 11.4 Å². The highest BCUT2D eigenvalue weighted by Crippen LogP contribution is 2.32. The predicted molar refractivity (Wildman–Crippen MR) is 129 cm³/mol. The lowest BCUT2D eigenvalue weighted by molar-refractivity contribution is -0.115. The first-order valence-corrected chi connectivity index (χ1v) is 10.6. The Morgan fingerprint density at radius 2 is 1.64 bits per heavy atom. The van der Waals surface area contributed by atoms with E-state index in [1.165, 1.54) is 0 Å². The summed E-state index contributed by atoms with van der Waals surface area (Å²) in [5.74, 6) is -0.649. The fourth-order valence-corrected chi connectivity index (χ4v) is 3.92. The van der Waals surface area contributed by atoms with Crippen molar-refractivity contribution in [3.8, 4) is 0 Å². The first-order valence-electron chi connectivity index (χ1n) is 10.6. The van der Waals surface area contributed by atoms with Gasteiger partial charge in [0.2, 0.25) is 11.7 Å². The van der Waals surface area contributed by atoms with Crippen LogP contribution < -0.4 is 10.6 Å². The Balaban J connectivity index is 1.44. The van der Waals surface area contributed by atoms with Gasteiger partial charge in [-0.15, -0.1) is 0 Å². The van der Waals surface area contributed by atoms with E-state index >= 15 is 0 Å². The minimum absolute atomic E-state index is 0.0544. The second-order valence-corrected chi connectivity index (χ2v) is 8.11. The van der Waals surface area contributed by atoms with Crippen LogP contribution in [0.3, 0.4) is 0 Å². The van der Waals surface area contributed by atoms with E-state index in [1.807, 2.05) is 68.4 Å². The van der Waals surface area contributed by atoms with Crippen molar-refractivity contribution >= 4 is 45.1 Å². The van der Waals surface area contributed by atoms with E-state index in [0.717, 1.165) is 27.7 Å². The summed E-state index contributed by atoms with van der Waals surface area (Å²) in [7, 11) is 0. The SMILES string of the molecule is Cc1cccc(NC(=O)c2oc3ccccc3c2NC(=O)Cc2coc3cc(C)ccc23)c1. The molecule has 5 rings (SSSR count). The summed E-state index contributed by atoms with van der Waals surface area (Å²) in [6, 6.07) is 20.6. The molecule has 6 nitrogen and oxygen atoms in total. The molecule has 0 bridgehead atoms. The molecule has 2 heterocycles. The molecule has 164 valence electrons. The lowest BCUT2D eigenvalue weighted by Crippen LogP contribution is -2.18. The number of carbonyl (C=O) groups excluding carboxylic acids is 2. The summed E-state index contributed by atoms with van der Waals surface area (Å²) >= 11 is 0. The molecular formula is C27H22N2O4. The second kappa shape index (κ2) is 8.31. The lowest BCUT2D eigenvalue weighted by Gasteiger charge is -2.08. The highest BCUT2D eigenvalue weighted by atomic mass is 16.3. The molecule has 0 atom stereocenters. The Kier molecular flexibility index (Phi) is 5.18. The molecule has 0 aliphatic heterocycles. The van der Waals surface area contributed by atoms with Gasteiger partial charge in [-0.2, -0.15) is 0 Å². The molecule has 0 radical (unpaired) electrons. The summed E-state index contributed by atoms with van der Waals surface area (Å²) in [4.78, 5) is 26.0. The van der Waals surface area contributed by atoms with Crippen molar-refractivity contribution in [2.75, 3.05) is 10.6 Å². The van der Waals surface area contributed by atoms with E-state index in [9.17, 15) is 9.59 Å². The summed E-state index contributed by atoms with van der Waals surface area (Å²) < 4.78 is 11.4. The number of furan rings is 2. The van der Waals surface area contributed by atoms with Crippen LogP contribution in [0.15, 0.2) is 81.8 Å². The molecule has 6 heteroatoms. The molecule has 0 saturated heterocycles. The molecule has 0 unspecified atom stereocenters. The number of carbonyl (C=O) groups is 2. The van der Waals surface area contributed by atoms with Crippen LogP contribution in [-0.4, -0.2) is 11.8 Å². The van der Waals surface area contributed by atoms with Crippen molar-refractivity contribution in [3.05, 3.63) is 95.4 Å².